The highest BCUT2D eigenvalue weighted by Crippen LogP contribution is 2.24. The van der Waals surface area contributed by atoms with E-state index in [1.165, 1.54) is 12.1 Å². The van der Waals surface area contributed by atoms with E-state index < -0.39 is 12.1 Å². The summed E-state index contributed by atoms with van der Waals surface area (Å²) in [6, 6.07) is 4.45. The van der Waals surface area contributed by atoms with Crippen molar-refractivity contribution in [2.45, 2.75) is 18.9 Å². The predicted octanol–water partition coefficient (Wildman–Crippen LogP) is 1.84. The molecular weight excluding hydrogens is 276 g/mol. The second-order valence-electron chi connectivity index (χ2n) is 3.42. The predicted molar refractivity (Wildman–Crippen MR) is 62.8 cm³/mol. The number of phenolic OH excluding ortho intramolecular Hbond substituents is 1. The number of alkyl halides is 1. The monoisotopic (exact) mass is 288 g/mol. The van der Waals surface area contributed by atoms with Crippen molar-refractivity contribution in [3.8, 4) is 5.75 Å². The van der Waals surface area contributed by atoms with Crippen molar-refractivity contribution >= 4 is 21.9 Å². The van der Waals surface area contributed by atoms with Gasteiger partial charge < -0.3 is 15.3 Å². The molecule has 0 spiro atoms. The summed E-state index contributed by atoms with van der Waals surface area (Å²) in [7, 11) is 0. The highest BCUT2D eigenvalue weighted by atomic mass is 79.9. The summed E-state index contributed by atoms with van der Waals surface area (Å²) in [6.45, 7) is 0. The van der Waals surface area contributed by atoms with Crippen LogP contribution in [0.5, 0.6) is 5.75 Å². The van der Waals surface area contributed by atoms with Gasteiger partial charge in [-0.05, 0) is 30.0 Å². The fourth-order valence-corrected chi connectivity index (χ4v) is 1.64. The number of benzene rings is 1. The quantitative estimate of drug-likeness (QED) is 0.723. The molecule has 1 unspecified atom stereocenters. The molecule has 0 saturated carbocycles. The van der Waals surface area contributed by atoms with E-state index in [2.05, 4.69) is 15.9 Å². The van der Waals surface area contributed by atoms with Crippen molar-refractivity contribution in [1.82, 2.24) is 0 Å². The number of hydrogen-bond acceptors (Lipinski definition) is 3. The third-order valence-electron chi connectivity index (χ3n) is 2.24. The van der Waals surface area contributed by atoms with Gasteiger partial charge in [-0.3, -0.25) is 0 Å². The maximum Gasteiger partial charge on any atom is 0.337 e. The van der Waals surface area contributed by atoms with Crippen LogP contribution >= 0.6 is 15.9 Å². The van der Waals surface area contributed by atoms with E-state index in [1.807, 2.05) is 0 Å². The first-order chi connectivity index (χ1) is 7.56. The van der Waals surface area contributed by atoms with Gasteiger partial charge in [0.2, 0.25) is 0 Å². The van der Waals surface area contributed by atoms with Crippen LogP contribution < -0.4 is 0 Å². The zero-order chi connectivity index (χ0) is 12.1. The van der Waals surface area contributed by atoms with E-state index in [9.17, 15) is 15.0 Å². The molecule has 1 rings (SSSR count). The molecule has 1 aromatic rings. The number of carbonyl (C=O) groups is 1. The lowest BCUT2D eigenvalue weighted by atomic mass is 10.0. The Morgan fingerprint density at radius 2 is 2.12 bits per heavy atom. The Labute approximate surface area is 102 Å². The number of hydrogen-bond donors (Lipinski definition) is 3. The van der Waals surface area contributed by atoms with E-state index in [0.717, 1.165) is 17.3 Å². The summed E-state index contributed by atoms with van der Waals surface area (Å²) in [6.07, 6.45) is 0.00526. The number of aliphatic carboxylic acids is 1. The zero-order valence-electron chi connectivity index (χ0n) is 8.56. The van der Waals surface area contributed by atoms with Crippen LogP contribution in [0.2, 0.25) is 0 Å². The number of aromatic hydroxyl groups is 1. The molecule has 16 heavy (non-hydrogen) atoms. The molecule has 88 valence electrons. The minimum atomic E-state index is -1.59. The summed E-state index contributed by atoms with van der Waals surface area (Å²) < 4.78 is 0. The van der Waals surface area contributed by atoms with E-state index in [4.69, 9.17) is 5.11 Å². The number of rotatable bonds is 5. The second kappa shape index (κ2) is 5.86. The molecule has 1 aromatic carbocycles. The smallest absolute Gasteiger partial charge is 0.337 e. The molecule has 0 saturated heterocycles. The third kappa shape index (κ3) is 3.21. The average Bonchev–Trinajstić information content (AvgIpc) is 2.26. The largest absolute Gasteiger partial charge is 0.508 e. The zero-order valence-corrected chi connectivity index (χ0v) is 10.1. The fraction of sp³-hybridized carbons (Fsp3) is 0.364. The molecule has 0 fully saturated rings. The van der Waals surface area contributed by atoms with Crippen LogP contribution in [-0.4, -0.2) is 26.6 Å². The van der Waals surface area contributed by atoms with E-state index in [1.54, 1.807) is 6.07 Å². The molecule has 0 aliphatic carbocycles. The maximum atomic E-state index is 10.5. The van der Waals surface area contributed by atoms with Crippen LogP contribution in [0.3, 0.4) is 0 Å². The van der Waals surface area contributed by atoms with Gasteiger partial charge in [0.1, 0.15) is 5.75 Å². The highest BCUT2D eigenvalue weighted by molar-refractivity contribution is 9.09. The lowest BCUT2D eigenvalue weighted by Gasteiger charge is -2.09. The van der Waals surface area contributed by atoms with Gasteiger partial charge in [0.25, 0.3) is 0 Å². The number of aryl methyl sites for hydroxylation is 1. The van der Waals surface area contributed by atoms with Gasteiger partial charge >= 0.3 is 5.97 Å². The van der Waals surface area contributed by atoms with Crippen LogP contribution in [0.1, 0.15) is 23.7 Å². The van der Waals surface area contributed by atoms with E-state index in [-0.39, 0.29) is 11.3 Å². The molecule has 0 aliphatic rings. The lowest BCUT2D eigenvalue weighted by Crippen LogP contribution is -2.10. The van der Waals surface area contributed by atoms with Crippen molar-refractivity contribution in [1.29, 1.82) is 0 Å². The molecule has 0 radical (unpaired) electrons. The SMILES string of the molecule is O=C(O)C(O)c1ccc(CCCBr)c(O)c1. The standard InChI is InChI=1S/C11H13BrO4/c12-5-1-2-7-3-4-8(6-9(7)13)10(14)11(15)16/h3-4,6,10,13-14H,1-2,5H2,(H,15,16). The minimum absolute atomic E-state index is 0.0266. The maximum absolute atomic E-state index is 10.5. The Balaban J connectivity index is 2.86. The first kappa shape index (κ1) is 13.0. The van der Waals surface area contributed by atoms with Crippen LogP contribution in [-0.2, 0) is 11.2 Å². The van der Waals surface area contributed by atoms with Gasteiger partial charge in [-0.1, -0.05) is 28.1 Å². The highest BCUT2D eigenvalue weighted by Gasteiger charge is 2.16. The normalized spacial score (nSPS) is 12.4. The van der Waals surface area contributed by atoms with Crippen LogP contribution in [0, 0.1) is 0 Å². The summed E-state index contributed by atoms with van der Waals surface area (Å²) in [5, 5.41) is 28.3. The first-order valence-electron chi connectivity index (χ1n) is 4.85. The fourth-order valence-electron chi connectivity index (χ4n) is 1.36. The van der Waals surface area contributed by atoms with Crippen LogP contribution in [0.15, 0.2) is 18.2 Å². The molecule has 0 aromatic heterocycles. The summed E-state index contributed by atoms with van der Waals surface area (Å²) in [4.78, 5) is 10.5. The van der Waals surface area contributed by atoms with Gasteiger partial charge in [-0.25, -0.2) is 4.79 Å². The van der Waals surface area contributed by atoms with Gasteiger partial charge in [-0.15, -0.1) is 0 Å². The van der Waals surface area contributed by atoms with E-state index in [0.29, 0.717) is 6.42 Å². The summed E-state index contributed by atoms with van der Waals surface area (Å²) in [5.74, 6) is -1.30. The number of phenols is 1. The van der Waals surface area contributed by atoms with Crippen molar-refractivity contribution in [2.75, 3.05) is 5.33 Å². The molecule has 0 aliphatic heterocycles. The van der Waals surface area contributed by atoms with Gasteiger partial charge in [0, 0.05) is 5.33 Å². The van der Waals surface area contributed by atoms with Gasteiger partial charge in [0.15, 0.2) is 6.10 Å². The molecule has 0 heterocycles. The molecule has 1 atom stereocenters. The van der Waals surface area contributed by atoms with Gasteiger partial charge in [0.05, 0.1) is 0 Å². The van der Waals surface area contributed by atoms with Crippen LogP contribution in [0.4, 0.5) is 0 Å². The lowest BCUT2D eigenvalue weighted by molar-refractivity contribution is -0.146. The summed E-state index contributed by atoms with van der Waals surface area (Å²) >= 11 is 3.29. The second-order valence-corrected chi connectivity index (χ2v) is 4.21. The average molecular weight is 289 g/mol. The first-order valence-corrected chi connectivity index (χ1v) is 5.97. The number of carboxylic acids is 1. The molecule has 4 nitrogen and oxygen atoms in total. The summed E-state index contributed by atoms with van der Waals surface area (Å²) in [5.41, 5.74) is 0.938. The topological polar surface area (TPSA) is 77.8 Å². The molecule has 3 N–H and O–H groups in total. The van der Waals surface area contributed by atoms with Crippen LogP contribution in [0.25, 0.3) is 0 Å². The Kier molecular flexibility index (Phi) is 4.76. The van der Waals surface area contributed by atoms with E-state index >= 15 is 0 Å². The van der Waals surface area contributed by atoms with Crippen molar-refractivity contribution in [3.05, 3.63) is 29.3 Å². The Morgan fingerprint density at radius 1 is 1.44 bits per heavy atom. The van der Waals surface area contributed by atoms with Crippen molar-refractivity contribution in [2.24, 2.45) is 0 Å². The third-order valence-corrected chi connectivity index (χ3v) is 2.80. The Morgan fingerprint density at radius 3 is 2.62 bits per heavy atom. The molecular formula is C11H13BrO4. The van der Waals surface area contributed by atoms with Gasteiger partial charge in [-0.2, -0.15) is 0 Å². The Bertz CT molecular complexity index is 378. The number of halogens is 1. The van der Waals surface area contributed by atoms with Crippen molar-refractivity contribution in [3.63, 3.8) is 0 Å². The molecule has 5 heteroatoms. The number of aliphatic hydroxyl groups excluding tert-OH is 1. The van der Waals surface area contributed by atoms with Crippen molar-refractivity contribution < 1.29 is 20.1 Å². The molecule has 0 bridgehead atoms. The molecule has 0 amide bonds. The Hall–Kier alpha value is -1.07. The minimum Gasteiger partial charge on any atom is -0.508 e. The number of aliphatic hydroxyl groups is 1. The number of carboxylic acid groups (broad SMARTS) is 1.